The highest BCUT2D eigenvalue weighted by Gasteiger charge is 2.17. The SMILES string of the molecule is CS(=O)(=O)CCC(N)C(=O)Nc1ccc(OC(F)F)c(Cl)c1.Cl. The summed E-state index contributed by atoms with van der Waals surface area (Å²) in [7, 11) is -3.22. The van der Waals surface area contributed by atoms with Gasteiger partial charge in [0, 0.05) is 11.9 Å². The molecule has 0 bridgehead atoms. The molecule has 132 valence electrons. The van der Waals surface area contributed by atoms with Crippen molar-refractivity contribution in [1.29, 1.82) is 0 Å². The van der Waals surface area contributed by atoms with E-state index in [4.69, 9.17) is 17.3 Å². The number of nitrogens with two attached hydrogens (primary N) is 1. The van der Waals surface area contributed by atoms with Crippen molar-refractivity contribution in [1.82, 2.24) is 0 Å². The van der Waals surface area contributed by atoms with Crippen molar-refractivity contribution >= 4 is 45.4 Å². The molecule has 0 aliphatic rings. The van der Waals surface area contributed by atoms with Crippen LogP contribution >= 0.6 is 24.0 Å². The van der Waals surface area contributed by atoms with Crippen molar-refractivity contribution in [2.75, 3.05) is 17.3 Å². The number of alkyl halides is 2. The summed E-state index contributed by atoms with van der Waals surface area (Å²) >= 11 is 5.74. The Kier molecular flexibility index (Phi) is 8.75. The number of ether oxygens (including phenoxy) is 1. The molecule has 1 atom stereocenters. The number of hydrogen-bond acceptors (Lipinski definition) is 5. The molecule has 0 spiro atoms. The summed E-state index contributed by atoms with van der Waals surface area (Å²) in [6.07, 6.45) is 1.00. The molecule has 0 radical (unpaired) electrons. The van der Waals surface area contributed by atoms with Crippen molar-refractivity contribution in [3.8, 4) is 5.75 Å². The number of anilines is 1. The first-order valence-corrected chi connectivity index (χ1v) is 8.51. The topological polar surface area (TPSA) is 98.5 Å². The first-order chi connectivity index (χ1) is 10.1. The molecule has 23 heavy (non-hydrogen) atoms. The summed E-state index contributed by atoms with van der Waals surface area (Å²) in [4.78, 5) is 11.8. The zero-order valence-corrected chi connectivity index (χ0v) is 14.4. The van der Waals surface area contributed by atoms with Gasteiger partial charge in [-0.1, -0.05) is 11.6 Å². The minimum atomic E-state index is -3.22. The maximum atomic E-state index is 12.1. The molecule has 1 aromatic carbocycles. The zero-order chi connectivity index (χ0) is 16.9. The monoisotopic (exact) mass is 392 g/mol. The lowest BCUT2D eigenvalue weighted by atomic mass is 10.2. The normalized spacial score (nSPS) is 12.4. The molecule has 1 rings (SSSR count). The number of rotatable bonds is 7. The van der Waals surface area contributed by atoms with Crippen LogP contribution in [-0.2, 0) is 14.6 Å². The van der Waals surface area contributed by atoms with Crippen LogP contribution in [0.4, 0.5) is 14.5 Å². The molecule has 0 fully saturated rings. The van der Waals surface area contributed by atoms with Crippen LogP contribution in [0.5, 0.6) is 5.75 Å². The number of benzene rings is 1. The molecule has 0 saturated carbocycles. The van der Waals surface area contributed by atoms with E-state index >= 15 is 0 Å². The van der Waals surface area contributed by atoms with Gasteiger partial charge in [0.05, 0.1) is 16.8 Å². The van der Waals surface area contributed by atoms with Crippen LogP contribution in [0, 0.1) is 0 Å². The second-order valence-electron chi connectivity index (χ2n) is 4.54. The Bertz CT molecular complexity index is 644. The lowest BCUT2D eigenvalue weighted by molar-refractivity contribution is -0.117. The molecule has 0 aliphatic carbocycles. The Morgan fingerprint density at radius 3 is 2.52 bits per heavy atom. The third kappa shape index (κ3) is 8.31. The van der Waals surface area contributed by atoms with Crippen molar-refractivity contribution < 1.29 is 26.7 Å². The highest BCUT2D eigenvalue weighted by molar-refractivity contribution is 7.90. The van der Waals surface area contributed by atoms with E-state index in [0.29, 0.717) is 0 Å². The maximum Gasteiger partial charge on any atom is 0.387 e. The van der Waals surface area contributed by atoms with Gasteiger partial charge < -0.3 is 15.8 Å². The van der Waals surface area contributed by atoms with Crippen molar-refractivity contribution in [2.24, 2.45) is 5.73 Å². The first kappa shape index (κ1) is 21.8. The minimum Gasteiger partial charge on any atom is -0.433 e. The fraction of sp³-hybridized carbons (Fsp3) is 0.417. The fourth-order valence-corrected chi connectivity index (χ4v) is 2.38. The predicted molar refractivity (Wildman–Crippen MR) is 86.3 cm³/mol. The number of carbonyl (C=O) groups excluding carboxylic acids is 1. The molecule has 6 nitrogen and oxygen atoms in total. The standard InChI is InChI=1S/C12H15ClF2N2O4S.ClH/c1-22(19,20)5-4-9(16)11(18)17-7-2-3-10(8(13)6-7)21-12(14)15;/h2-3,6,9,12H,4-5,16H2,1H3,(H,17,18);1H. The number of sulfone groups is 1. The van der Waals surface area contributed by atoms with Crippen LogP contribution in [-0.4, -0.2) is 39.0 Å². The van der Waals surface area contributed by atoms with E-state index < -0.39 is 28.4 Å². The van der Waals surface area contributed by atoms with Crippen LogP contribution < -0.4 is 15.8 Å². The highest BCUT2D eigenvalue weighted by atomic mass is 35.5. The van der Waals surface area contributed by atoms with E-state index in [-0.39, 0.29) is 41.0 Å². The van der Waals surface area contributed by atoms with E-state index in [9.17, 15) is 22.0 Å². The Balaban J connectivity index is 0.00000484. The van der Waals surface area contributed by atoms with Gasteiger partial charge in [-0.15, -0.1) is 12.4 Å². The van der Waals surface area contributed by atoms with E-state index in [1.54, 1.807) is 0 Å². The summed E-state index contributed by atoms with van der Waals surface area (Å²) in [5, 5.41) is 2.30. The van der Waals surface area contributed by atoms with Crippen LogP contribution in [0.2, 0.25) is 5.02 Å². The van der Waals surface area contributed by atoms with Crippen molar-refractivity contribution in [3.63, 3.8) is 0 Å². The van der Waals surface area contributed by atoms with Crippen molar-refractivity contribution in [2.45, 2.75) is 19.1 Å². The molecule has 0 heterocycles. The van der Waals surface area contributed by atoms with Gasteiger partial charge >= 0.3 is 6.61 Å². The van der Waals surface area contributed by atoms with Crippen LogP contribution in [0.25, 0.3) is 0 Å². The summed E-state index contributed by atoms with van der Waals surface area (Å²) in [5.74, 6) is -1.05. The van der Waals surface area contributed by atoms with Gasteiger partial charge in [-0.05, 0) is 24.6 Å². The van der Waals surface area contributed by atoms with E-state index in [1.807, 2.05) is 0 Å². The third-order valence-corrected chi connectivity index (χ3v) is 3.82. The predicted octanol–water partition coefficient (Wildman–Crippen LogP) is 2.06. The fourth-order valence-electron chi connectivity index (χ4n) is 1.48. The zero-order valence-electron chi connectivity index (χ0n) is 12.0. The molecular weight excluding hydrogens is 377 g/mol. The molecule has 0 aromatic heterocycles. The molecule has 1 amide bonds. The largest absolute Gasteiger partial charge is 0.433 e. The summed E-state index contributed by atoms with van der Waals surface area (Å²) in [6, 6.07) is 2.68. The summed E-state index contributed by atoms with van der Waals surface area (Å²) in [6.45, 7) is -3.01. The van der Waals surface area contributed by atoms with Gasteiger partial charge in [0.2, 0.25) is 5.91 Å². The molecule has 1 aromatic rings. The smallest absolute Gasteiger partial charge is 0.387 e. The Labute approximate surface area is 143 Å². The van der Waals surface area contributed by atoms with Gasteiger partial charge in [0.15, 0.2) is 0 Å². The lowest BCUT2D eigenvalue weighted by Crippen LogP contribution is -2.37. The molecular formula is C12H16Cl2F2N2O4S. The van der Waals surface area contributed by atoms with Gasteiger partial charge in [0.25, 0.3) is 0 Å². The molecule has 11 heteroatoms. The van der Waals surface area contributed by atoms with Gasteiger partial charge in [0.1, 0.15) is 15.6 Å². The molecule has 0 aliphatic heterocycles. The van der Waals surface area contributed by atoms with Crippen molar-refractivity contribution in [3.05, 3.63) is 23.2 Å². The van der Waals surface area contributed by atoms with Crippen LogP contribution in [0.1, 0.15) is 6.42 Å². The maximum absolute atomic E-state index is 12.1. The molecule has 0 saturated heterocycles. The summed E-state index contributed by atoms with van der Waals surface area (Å²) in [5.41, 5.74) is 5.80. The number of hydrogen-bond donors (Lipinski definition) is 2. The first-order valence-electron chi connectivity index (χ1n) is 6.07. The van der Waals surface area contributed by atoms with E-state index in [1.165, 1.54) is 18.2 Å². The second-order valence-corrected chi connectivity index (χ2v) is 7.20. The number of amides is 1. The minimum absolute atomic E-state index is 0. The van der Waals surface area contributed by atoms with Crippen LogP contribution in [0.15, 0.2) is 18.2 Å². The summed E-state index contributed by atoms with van der Waals surface area (Å²) < 4.78 is 50.3. The molecule has 1 unspecified atom stereocenters. The van der Waals surface area contributed by atoms with Gasteiger partial charge in [-0.3, -0.25) is 4.79 Å². The number of halogens is 4. The second kappa shape index (κ2) is 9.21. The number of nitrogens with one attached hydrogen (secondary N) is 1. The quantitative estimate of drug-likeness (QED) is 0.739. The van der Waals surface area contributed by atoms with Gasteiger partial charge in [-0.2, -0.15) is 8.78 Å². The van der Waals surface area contributed by atoms with Gasteiger partial charge in [-0.25, -0.2) is 8.42 Å². The number of carbonyl (C=O) groups is 1. The molecule has 3 N–H and O–H groups in total. The average Bonchev–Trinajstić information content (AvgIpc) is 2.37. The average molecular weight is 393 g/mol. The lowest BCUT2D eigenvalue weighted by Gasteiger charge is -2.13. The Morgan fingerprint density at radius 2 is 2.04 bits per heavy atom. The Hall–Kier alpha value is -1.16. The third-order valence-electron chi connectivity index (χ3n) is 2.55. The Morgan fingerprint density at radius 1 is 1.43 bits per heavy atom. The van der Waals surface area contributed by atoms with E-state index in [2.05, 4.69) is 10.1 Å². The highest BCUT2D eigenvalue weighted by Crippen LogP contribution is 2.28. The van der Waals surface area contributed by atoms with E-state index in [0.717, 1.165) is 6.26 Å². The van der Waals surface area contributed by atoms with Crippen LogP contribution in [0.3, 0.4) is 0 Å².